The number of para-hydroxylation sites is 1. The van der Waals surface area contributed by atoms with E-state index in [1.807, 2.05) is 0 Å². The highest BCUT2D eigenvalue weighted by Crippen LogP contribution is 2.30. The van der Waals surface area contributed by atoms with Gasteiger partial charge in [-0.05, 0) is 31.0 Å². The molecule has 3 aromatic rings. The van der Waals surface area contributed by atoms with Crippen LogP contribution in [0.3, 0.4) is 0 Å². The summed E-state index contributed by atoms with van der Waals surface area (Å²) >= 11 is 6.14. The summed E-state index contributed by atoms with van der Waals surface area (Å²) in [6.45, 7) is 0.666. The van der Waals surface area contributed by atoms with Crippen LogP contribution in [0.4, 0.5) is 0 Å². The predicted molar refractivity (Wildman–Crippen MR) is 106 cm³/mol. The molecule has 0 bridgehead atoms. The van der Waals surface area contributed by atoms with Crippen LogP contribution in [0.25, 0.3) is 22.3 Å². The lowest BCUT2D eigenvalue weighted by Gasteiger charge is -2.31. The molecule has 1 fully saturated rings. The summed E-state index contributed by atoms with van der Waals surface area (Å²) in [5, 5.41) is 9.63. The van der Waals surface area contributed by atoms with Gasteiger partial charge in [0.1, 0.15) is 12.4 Å². The van der Waals surface area contributed by atoms with Gasteiger partial charge in [0.05, 0.1) is 29.0 Å². The quantitative estimate of drug-likeness (QED) is 0.586. The summed E-state index contributed by atoms with van der Waals surface area (Å²) in [5.41, 5.74) is 0.791. The highest BCUT2D eigenvalue weighted by molar-refractivity contribution is 6.34. The van der Waals surface area contributed by atoms with Crippen molar-refractivity contribution in [1.82, 2.24) is 4.98 Å². The largest absolute Gasteiger partial charge is 0.481 e. The third-order valence-electron chi connectivity index (χ3n) is 4.86. The van der Waals surface area contributed by atoms with E-state index in [2.05, 4.69) is 4.98 Å². The molecule has 2 heterocycles. The van der Waals surface area contributed by atoms with Crippen molar-refractivity contribution in [3.63, 3.8) is 0 Å². The van der Waals surface area contributed by atoms with Crippen LogP contribution in [0.1, 0.15) is 12.8 Å². The lowest BCUT2D eigenvalue weighted by Crippen LogP contribution is -2.37. The van der Waals surface area contributed by atoms with E-state index in [0.29, 0.717) is 59.3 Å². The number of halogens is 1. The first kappa shape index (κ1) is 19.4. The lowest BCUT2D eigenvalue weighted by molar-refractivity contribution is -0.151. The summed E-state index contributed by atoms with van der Waals surface area (Å²) in [6, 6.07) is 9.86. The first-order chi connectivity index (χ1) is 14.0. The third-order valence-corrected chi connectivity index (χ3v) is 5.16. The number of hydrogen-bond acceptors (Lipinski definition) is 6. The van der Waals surface area contributed by atoms with E-state index in [1.54, 1.807) is 36.5 Å². The van der Waals surface area contributed by atoms with Gasteiger partial charge in [0.2, 0.25) is 5.88 Å². The Labute approximate surface area is 170 Å². The van der Waals surface area contributed by atoms with Gasteiger partial charge in [-0.15, -0.1) is 0 Å². The number of aliphatic carboxylic acids is 1. The normalized spacial score (nSPS) is 18.4. The number of carbonyl (C=O) groups is 1. The molecule has 1 saturated carbocycles. The topological polar surface area (TPSA) is 98.9 Å². The van der Waals surface area contributed by atoms with Crippen LogP contribution in [0, 0.1) is 5.92 Å². The minimum absolute atomic E-state index is 0.0161. The van der Waals surface area contributed by atoms with E-state index in [-0.39, 0.29) is 17.5 Å². The molecule has 0 radical (unpaired) electrons. The number of ether oxygens (including phenoxy) is 2. The average molecular weight is 416 g/mol. The molecule has 2 aromatic heterocycles. The zero-order valence-corrected chi connectivity index (χ0v) is 16.1. The predicted octanol–water partition coefficient (Wildman–Crippen LogP) is 3.77. The van der Waals surface area contributed by atoms with Crippen molar-refractivity contribution in [2.75, 3.05) is 13.2 Å². The molecular weight excluding hydrogens is 398 g/mol. The maximum absolute atomic E-state index is 12.3. The summed E-state index contributed by atoms with van der Waals surface area (Å²) in [5.74, 6) is -0.276. The first-order valence-corrected chi connectivity index (χ1v) is 9.55. The molecule has 4 rings (SSSR count). The molecule has 1 aliphatic carbocycles. The fraction of sp³-hybridized carbons (Fsp3) is 0.286. The highest BCUT2D eigenvalue weighted by atomic mass is 35.5. The monoisotopic (exact) mass is 415 g/mol. The van der Waals surface area contributed by atoms with E-state index < -0.39 is 5.97 Å². The second kappa shape index (κ2) is 8.23. The Morgan fingerprint density at radius 2 is 2.07 bits per heavy atom. The van der Waals surface area contributed by atoms with Gasteiger partial charge in [-0.2, -0.15) is 0 Å². The molecule has 1 aromatic carbocycles. The molecular formula is C21H18ClNO6. The number of hydrogen-bond donors (Lipinski definition) is 1. The van der Waals surface area contributed by atoms with Crippen molar-refractivity contribution in [1.29, 1.82) is 0 Å². The first-order valence-electron chi connectivity index (χ1n) is 9.17. The highest BCUT2D eigenvalue weighted by Gasteiger charge is 2.34. The Morgan fingerprint density at radius 1 is 1.24 bits per heavy atom. The Kier molecular flexibility index (Phi) is 5.51. The molecule has 1 N–H and O–H groups in total. The molecule has 0 atom stereocenters. The SMILES string of the molecule is O=C(O)C1CC(OCCOc2ccc(-c3cc(=O)c4cccc(Cl)c4o3)cn2)C1. The minimum Gasteiger partial charge on any atom is -0.481 e. The van der Waals surface area contributed by atoms with Gasteiger partial charge < -0.3 is 19.0 Å². The fourth-order valence-electron chi connectivity index (χ4n) is 3.16. The van der Waals surface area contributed by atoms with E-state index in [4.69, 9.17) is 30.6 Å². The van der Waals surface area contributed by atoms with Crippen molar-refractivity contribution in [2.24, 2.45) is 5.92 Å². The number of rotatable bonds is 7. The van der Waals surface area contributed by atoms with Gasteiger partial charge in [0.15, 0.2) is 11.0 Å². The van der Waals surface area contributed by atoms with Crippen LogP contribution in [0.15, 0.2) is 51.8 Å². The summed E-state index contributed by atoms with van der Waals surface area (Å²) < 4.78 is 16.9. The van der Waals surface area contributed by atoms with E-state index >= 15 is 0 Å². The van der Waals surface area contributed by atoms with Gasteiger partial charge in [0, 0.05) is 23.9 Å². The number of aromatic nitrogens is 1. The summed E-state index contributed by atoms with van der Waals surface area (Å²) in [7, 11) is 0. The average Bonchev–Trinajstić information content (AvgIpc) is 2.67. The van der Waals surface area contributed by atoms with E-state index in [9.17, 15) is 9.59 Å². The summed E-state index contributed by atoms with van der Waals surface area (Å²) in [4.78, 5) is 27.3. The lowest BCUT2D eigenvalue weighted by atomic mass is 9.82. The van der Waals surface area contributed by atoms with E-state index in [0.717, 1.165) is 0 Å². The smallest absolute Gasteiger partial charge is 0.306 e. The molecule has 7 nitrogen and oxygen atoms in total. The van der Waals surface area contributed by atoms with Crippen molar-refractivity contribution in [2.45, 2.75) is 18.9 Å². The van der Waals surface area contributed by atoms with Crippen LogP contribution >= 0.6 is 11.6 Å². The van der Waals surface area contributed by atoms with Gasteiger partial charge in [-0.25, -0.2) is 4.98 Å². The molecule has 0 spiro atoms. The van der Waals surface area contributed by atoms with Crippen LogP contribution in [-0.4, -0.2) is 35.4 Å². The van der Waals surface area contributed by atoms with Gasteiger partial charge in [-0.3, -0.25) is 9.59 Å². The molecule has 0 unspecified atom stereocenters. The molecule has 0 saturated heterocycles. The van der Waals surface area contributed by atoms with Crippen molar-refractivity contribution in [3.8, 4) is 17.2 Å². The Bertz CT molecular complexity index is 1090. The number of pyridine rings is 1. The Morgan fingerprint density at radius 3 is 2.79 bits per heavy atom. The second-order valence-corrected chi connectivity index (χ2v) is 7.23. The van der Waals surface area contributed by atoms with Gasteiger partial charge in [0.25, 0.3) is 0 Å². The second-order valence-electron chi connectivity index (χ2n) is 6.82. The van der Waals surface area contributed by atoms with Crippen LogP contribution in [0.2, 0.25) is 5.02 Å². The Balaban J connectivity index is 1.35. The number of fused-ring (bicyclic) bond motifs is 1. The third kappa shape index (κ3) is 4.26. The zero-order valence-electron chi connectivity index (χ0n) is 15.3. The maximum atomic E-state index is 12.3. The van der Waals surface area contributed by atoms with E-state index in [1.165, 1.54) is 6.07 Å². The number of carboxylic acid groups (broad SMARTS) is 1. The number of benzene rings is 1. The fourth-order valence-corrected chi connectivity index (χ4v) is 3.37. The van der Waals surface area contributed by atoms with Crippen molar-refractivity contribution < 1.29 is 23.8 Å². The van der Waals surface area contributed by atoms with Crippen LogP contribution in [0.5, 0.6) is 5.88 Å². The van der Waals surface area contributed by atoms with Crippen molar-refractivity contribution >= 4 is 28.5 Å². The maximum Gasteiger partial charge on any atom is 0.306 e. The van der Waals surface area contributed by atoms with Gasteiger partial charge in [-0.1, -0.05) is 17.7 Å². The van der Waals surface area contributed by atoms with Crippen molar-refractivity contribution in [3.05, 3.63) is 57.8 Å². The van der Waals surface area contributed by atoms with Crippen LogP contribution < -0.4 is 10.2 Å². The zero-order chi connectivity index (χ0) is 20.4. The number of nitrogens with zero attached hydrogens (tertiary/aromatic N) is 1. The molecule has 0 aliphatic heterocycles. The minimum atomic E-state index is -0.769. The molecule has 8 heteroatoms. The standard InChI is InChI=1S/C21H18ClNO6/c22-16-3-1-2-15-17(24)10-18(29-20(15)16)12-4-5-19(23-11-12)28-7-6-27-14-8-13(9-14)21(25)26/h1-5,10-11,13-14H,6-9H2,(H,25,26). The number of carboxylic acids is 1. The molecule has 1 aliphatic rings. The van der Waals surface area contributed by atoms with Gasteiger partial charge >= 0.3 is 5.97 Å². The molecule has 29 heavy (non-hydrogen) atoms. The van der Waals surface area contributed by atoms with Crippen LogP contribution in [-0.2, 0) is 9.53 Å². The summed E-state index contributed by atoms with van der Waals surface area (Å²) in [6.07, 6.45) is 2.63. The molecule has 0 amide bonds. The molecule has 150 valence electrons. The Hall–Kier alpha value is -2.90.